The number of carbonyl (C=O) groups excluding carboxylic acids is 1. The molecule has 1 heterocycles. The average Bonchev–Trinajstić information content (AvgIpc) is 3.05. The summed E-state index contributed by atoms with van der Waals surface area (Å²) in [4.78, 5) is 28.0. The van der Waals surface area contributed by atoms with Crippen molar-refractivity contribution in [2.45, 2.75) is 38.1 Å². The smallest absolute Gasteiger partial charge is 0.308 e. The Kier molecular flexibility index (Phi) is 4.33. The van der Waals surface area contributed by atoms with Crippen LogP contribution in [0.15, 0.2) is 36.7 Å². The van der Waals surface area contributed by atoms with Gasteiger partial charge in [-0.3, -0.25) is 9.59 Å². The summed E-state index contributed by atoms with van der Waals surface area (Å²) < 4.78 is 1.52. The Balaban J connectivity index is 1.77. The Hall–Kier alpha value is -2.70. The lowest BCUT2D eigenvalue weighted by Crippen LogP contribution is -2.55. The number of para-hydroxylation sites is 1. The fraction of sp³-hybridized carbons (Fsp3) is 0.412. The van der Waals surface area contributed by atoms with E-state index in [1.54, 1.807) is 6.92 Å². The highest BCUT2D eigenvalue weighted by Gasteiger charge is 2.42. The summed E-state index contributed by atoms with van der Waals surface area (Å²) in [5.41, 5.74) is 0.0238. The Bertz CT molecular complexity index is 743. The zero-order valence-corrected chi connectivity index (χ0v) is 13.5. The highest BCUT2D eigenvalue weighted by Crippen LogP contribution is 2.34. The standard InChI is InChI=1S/C17H20N4O3/c1-17(10-6-5-9-13(17)16(23)24)19-15(22)14-18-11-21(20-14)12-7-3-2-4-8-12/h2-4,7-8,11,13H,5-6,9-10H2,1H3,(H,19,22)(H,23,24). The highest BCUT2D eigenvalue weighted by atomic mass is 16.4. The van der Waals surface area contributed by atoms with Crippen molar-refractivity contribution in [3.8, 4) is 5.69 Å². The molecule has 1 saturated carbocycles. The summed E-state index contributed by atoms with van der Waals surface area (Å²) >= 11 is 0. The number of benzene rings is 1. The lowest BCUT2D eigenvalue weighted by molar-refractivity contribution is -0.145. The molecule has 7 heteroatoms. The summed E-state index contributed by atoms with van der Waals surface area (Å²) in [6.45, 7) is 1.79. The summed E-state index contributed by atoms with van der Waals surface area (Å²) in [6.07, 6.45) is 4.44. The van der Waals surface area contributed by atoms with Gasteiger partial charge in [-0.1, -0.05) is 31.0 Å². The van der Waals surface area contributed by atoms with Gasteiger partial charge >= 0.3 is 5.97 Å². The molecule has 0 bridgehead atoms. The molecule has 1 aliphatic carbocycles. The molecule has 1 aromatic carbocycles. The Morgan fingerprint density at radius 2 is 2.04 bits per heavy atom. The fourth-order valence-electron chi connectivity index (χ4n) is 3.27. The van der Waals surface area contributed by atoms with Gasteiger partial charge in [-0.25, -0.2) is 9.67 Å². The number of carboxylic acid groups (broad SMARTS) is 1. The number of carbonyl (C=O) groups is 2. The fourth-order valence-corrected chi connectivity index (χ4v) is 3.27. The minimum atomic E-state index is -0.875. The molecule has 0 saturated heterocycles. The molecule has 0 aliphatic heterocycles. The van der Waals surface area contributed by atoms with Crippen LogP contribution in [0.5, 0.6) is 0 Å². The second kappa shape index (κ2) is 6.43. The quantitative estimate of drug-likeness (QED) is 0.895. The van der Waals surface area contributed by atoms with Crippen molar-refractivity contribution in [1.29, 1.82) is 0 Å². The molecule has 0 radical (unpaired) electrons. The number of nitrogens with zero attached hydrogens (tertiary/aromatic N) is 3. The second-order valence-electron chi connectivity index (χ2n) is 6.36. The van der Waals surface area contributed by atoms with Crippen molar-refractivity contribution in [2.24, 2.45) is 5.92 Å². The summed E-state index contributed by atoms with van der Waals surface area (Å²) in [7, 11) is 0. The zero-order chi connectivity index (χ0) is 17.2. The molecule has 3 rings (SSSR count). The van der Waals surface area contributed by atoms with Crippen LogP contribution < -0.4 is 5.32 Å². The molecular formula is C17H20N4O3. The predicted molar refractivity (Wildman–Crippen MR) is 86.8 cm³/mol. The number of nitrogens with one attached hydrogen (secondary N) is 1. The van der Waals surface area contributed by atoms with Gasteiger partial charge in [0.15, 0.2) is 0 Å². The number of amides is 1. The lowest BCUT2D eigenvalue weighted by atomic mass is 9.74. The van der Waals surface area contributed by atoms with E-state index in [1.165, 1.54) is 11.0 Å². The molecule has 0 spiro atoms. The van der Waals surface area contributed by atoms with Crippen molar-refractivity contribution in [3.05, 3.63) is 42.5 Å². The van der Waals surface area contributed by atoms with Crippen LogP contribution in [-0.2, 0) is 4.79 Å². The van der Waals surface area contributed by atoms with E-state index in [1.807, 2.05) is 30.3 Å². The maximum atomic E-state index is 12.5. The number of rotatable bonds is 4. The first-order valence-electron chi connectivity index (χ1n) is 8.02. The van der Waals surface area contributed by atoms with Gasteiger partial charge in [0.25, 0.3) is 5.91 Å². The van der Waals surface area contributed by atoms with Gasteiger partial charge in [-0.15, -0.1) is 5.10 Å². The molecule has 1 aromatic heterocycles. The van der Waals surface area contributed by atoms with E-state index in [4.69, 9.17) is 0 Å². The third-order valence-electron chi connectivity index (χ3n) is 4.62. The Morgan fingerprint density at radius 1 is 1.29 bits per heavy atom. The van der Waals surface area contributed by atoms with Gasteiger partial charge in [-0.05, 0) is 31.9 Å². The van der Waals surface area contributed by atoms with E-state index >= 15 is 0 Å². The minimum absolute atomic E-state index is 0.0368. The SMILES string of the molecule is CC1(NC(=O)c2ncn(-c3ccccc3)n2)CCCCC1C(=O)O. The minimum Gasteiger partial charge on any atom is -0.481 e. The summed E-state index contributed by atoms with van der Waals surface area (Å²) in [6, 6.07) is 9.36. The van der Waals surface area contributed by atoms with E-state index in [9.17, 15) is 14.7 Å². The molecule has 2 N–H and O–H groups in total. The normalized spacial score (nSPS) is 23.6. The van der Waals surface area contributed by atoms with Crippen molar-refractivity contribution in [3.63, 3.8) is 0 Å². The van der Waals surface area contributed by atoms with Gasteiger partial charge in [0, 0.05) is 0 Å². The average molecular weight is 328 g/mol. The van der Waals surface area contributed by atoms with Crippen LogP contribution in [0.1, 0.15) is 43.2 Å². The number of hydrogen-bond acceptors (Lipinski definition) is 4. The van der Waals surface area contributed by atoms with Crippen LogP contribution in [0, 0.1) is 5.92 Å². The van der Waals surface area contributed by atoms with Gasteiger partial charge in [0.1, 0.15) is 6.33 Å². The second-order valence-corrected chi connectivity index (χ2v) is 6.36. The topological polar surface area (TPSA) is 97.1 Å². The molecule has 126 valence electrons. The first-order valence-corrected chi connectivity index (χ1v) is 8.02. The molecule has 2 unspecified atom stereocenters. The monoisotopic (exact) mass is 328 g/mol. The van der Waals surface area contributed by atoms with Gasteiger partial charge in [0.2, 0.25) is 5.82 Å². The van der Waals surface area contributed by atoms with Crippen LogP contribution in [-0.4, -0.2) is 37.3 Å². The van der Waals surface area contributed by atoms with Crippen molar-refractivity contribution < 1.29 is 14.7 Å². The van der Waals surface area contributed by atoms with Crippen LogP contribution in [0.25, 0.3) is 5.69 Å². The molecule has 2 aromatic rings. The molecule has 7 nitrogen and oxygen atoms in total. The van der Waals surface area contributed by atoms with Gasteiger partial charge < -0.3 is 10.4 Å². The number of aliphatic carboxylic acids is 1. The van der Waals surface area contributed by atoms with Crippen molar-refractivity contribution in [1.82, 2.24) is 20.1 Å². The third-order valence-corrected chi connectivity index (χ3v) is 4.62. The van der Waals surface area contributed by atoms with Crippen molar-refractivity contribution >= 4 is 11.9 Å². The van der Waals surface area contributed by atoms with E-state index in [-0.39, 0.29) is 5.82 Å². The van der Waals surface area contributed by atoms with E-state index in [0.29, 0.717) is 12.8 Å². The molecule has 24 heavy (non-hydrogen) atoms. The lowest BCUT2D eigenvalue weighted by Gasteiger charge is -2.39. The summed E-state index contributed by atoms with van der Waals surface area (Å²) in [5, 5.41) is 16.5. The number of hydrogen-bond donors (Lipinski definition) is 2. The Labute approximate surface area is 139 Å². The maximum absolute atomic E-state index is 12.5. The van der Waals surface area contributed by atoms with Crippen LogP contribution >= 0.6 is 0 Å². The number of aromatic nitrogens is 3. The molecule has 1 fully saturated rings. The number of carboxylic acids is 1. The van der Waals surface area contributed by atoms with Crippen LogP contribution in [0.3, 0.4) is 0 Å². The first-order chi connectivity index (χ1) is 11.5. The molecule has 1 amide bonds. The largest absolute Gasteiger partial charge is 0.481 e. The highest BCUT2D eigenvalue weighted by molar-refractivity contribution is 5.91. The first kappa shape index (κ1) is 16.2. The summed E-state index contributed by atoms with van der Waals surface area (Å²) in [5.74, 6) is -1.87. The molecule has 1 aliphatic rings. The van der Waals surface area contributed by atoms with E-state index in [0.717, 1.165) is 18.5 Å². The third kappa shape index (κ3) is 3.15. The van der Waals surface area contributed by atoms with Gasteiger partial charge in [-0.2, -0.15) is 0 Å². The van der Waals surface area contributed by atoms with E-state index in [2.05, 4.69) is 15.4 Å². The molecular weight excluding hydrogens is 308 g/mol. The molecule has 2 atom stereocenters. The zero-order valence-electron chi connectivity index (χ0n) is 13.5. The van der Waals surface area contributed by atoms with Crippen LogP contribution in [0.4, 0.5) is 0 Å². The predicted octanol–water partition coefficient (Wildman–Crippen LogP) is 2.03. The maximum Gasteiger partial charge on any atom is 0.308 e. The van der Waals surface area contributed by atoms with E-state index < -0.39 is 23.3 Å². The van der Waals surface area contributed by atoms with Gasteiger partial charge in [0.05, 0.1) is 17.1 Å². The van der Waals surface area contributed by atoms with Crippen molar-refractivity contribution in [2.75, 3.05) is 0 Å². The Morgan fingerprint density at radius 3 is 2.75 bits per heavy atom. The van der Waals surface area contributed by atoms with Crippen LogP contribution in [0.2, 0.25) is 0 Å².